The molecule has 0 unspecified atom stereocenters. The van der Waals surface area contributed by atoms with Crippen molar-refractivity contribution >= 4 is 23.2 Å². The van der Waals surface area contributed by atoms with E-state index in [9.17, 15) is 9.90 Å². The van der Waals surface area contributed by atoms with Crippen LogP contribution in [-0.2, 0) is 14.1 Å². The third-order valence-corrected chi connectivity index (χ3v) is 3.40. The van der Waals surface area contributed by atoms with Crippen molar-refractivity contribution < 1.29 is 5.11 Å². The second-order valence-electron chi connectivity index (χ2n) is 3.84. The third-order valence-electron chi connectivity index (χ3n) is 2.59. The average Bonchev–Trinajstić information content (AvgIpc) is 2.95. The summed E-state index contributed by atoms with van der Waals surface area (Å²) in [4.78, 5) is 15.5. The molecule has 2 heterocycles. The van der Waals surface area contributed by atoms with Crippen LogP contribution in [0.2, 0.25) is 0 Å². The van der Waals surface area contributed by atoms with Gasteiger partial charge in [-0.15, -0.1) is 16.4 Å². The van der Waals surface area contributed by atoms with Gasteiger partial charge in [0.05, 0.1) is 12.1 Å². The summed E-state index contributed by atoms with van der Waals surface area (Å²) in [6.07, 6.45) is 1.48. The third kappa shape index (κ3) is 2.36. The average molecular weight is 290 g/mol. The number of thiophene rings is 1. The molecule has 102 valence electrons. The van der Waals surface area contributed by atoms with E-state index in [-0.39, 0.29) is 11.2 Å². The van der Waals surface area contributed by atoms with Crippen molar-refractivity contribution in [2.75, 3.05) is 0 Å². The molecule has 0 aromatic carbocycles. The molecule has 2 rings (SSSR count). The van der Waals surface area contributed by atoms with E-state index < -0.39 is 11.6 Å². The molecule has 0 bridgehead atoms. The van der Waals surface area contributed by atoms with E-state index in [0.717, 1.165) is 14.0 Å². The van der Waals surface area contributed by atoms with E-state index in [2.05, 4.69) is 15.2 Å². The Balaban J connectivity index is 2.63. The summed E-state index contributed by atoms with van der Waals surface area (Å²) in [5.74, 6) is -0.735. The predicted molar refractivity (Wildman–Crippen MR) is 72.3 cm³/mol. The summed E-state index contributed by atoms with van der Waals surface area (Å²) in [6, 6.07) is 3.69. The van der Waals surface area contributed by atoms with Crippen molar-refractivity contribution in [1.82, 2.24) is 9.13 Å². The van der Waals surface area contributed by atoms with E-state index in [0.29, 0.717) is 0 Å². The SMILES string of the molecule is Cn1c([O-])c([N+]#N)/c(=N\N=C/c2cccs2)n(C)c1=O. The molecule has 0 aliphatic heterocycles. The molecule has 0 aliphatic rings. The van der Waals surface area contributed by atoms with E-state index in [1.807, 2.05) is 17.5 Å². The monoisotopic (exact) mass is 290 g/mol. The van der Waals surface area contributed by atoms with Gasteiger partial charge in [-0.3, -0.25) is 4.57 Å². The van der Waals surface area contributed by atoms with Crippen LogP contribution < -0.4 is 16.3 Å². The number of aromatic nitrogens is 2. The van der Waals surface area contributed by atoms with Gasteiger partial charge in [0.2, 0.25) is 5.39 Å². The van der Waals surface area contributed by atoms with Crippen LogP contribution in [0.3, 0.4) is 0 Å². The Morgan fingerprint density at radius 3 is 2.80 bits per heavy atom. The zero-order valence-corrected chi connectivity index (χ0v) is 11.5. The standard InChI is InChI=1S/C11H10N6O2S/c1-16-9(15-13-6-7-4-3-5-20-7)8(14-12)10(18)17(2)11(16)19/h3-6H,1-2H3/b13-6-. The summed E-state index contributed by atoms with van der Waals surface area (Å²) in [7, 11) is 2.70. The molecule has 9 heteroatoms. The molecule has 0 atom stereocenters. The zero-order chi connectivity index (χ0) is 14.7. The Morgan fingerprint density at radius 1 is 1.45 bits per heavy atom. The van der Waals surface area contributed by atoms with Crippen molar-refractivity contribution in [3.05, 3.63) is 43.3 Å². The summed E-state index contributed by atoms with van der Waals surface area (Å²) >= 11 is 1.46. The molecule has 2 aromatic heterocycles. The lowest BCUT2D eigenvalue weighted by atomic mass is 10.5. The van der Waals surface area contributed by atoms with Crippen molar-refractivity contribution in [1.29, 1.82) is 5.39 Å². The van der Waals surface area contributed by atoms with Gasteiger partial charge in [-0.25, -0.2) is 4.79 Å². The van der Waals surface area contributed by atoms with Crippen LogP contribution in [0.25, 0.3) is 4.98 Å². The molecule has 8 nitrogen and oxygen atoms in total. The fourth-order valence-electron chi connectivity index (χ4n) is 1.52. The zero-order valence-electron chi connectivity index (χ0n) is 10.7. The molecule has 20 heavy (non-hydrogen) atoms. The number of hydrogen-bond acceptors (Lipinski definition) is 6. The quantitative estimate of drug-likeness (QED) is 0.450. The van der Waals surface area contributed by atoms with E-state index in [1.54, 1.807) is 0 Å². The minimum Gasteiger partial charge on any atom is -0.854 e. The lowest BCUT2D eigenvalue weighted by Crippen LogP contribution is -2.38. The molecule has 0 amide bonds. The molecule has 0 aliphatic carbocycles. The summed E-state index contributed by atoms with van der Waals surface area (Å²) < 4.78 is 1.92. The largest absolute Gasteiger partial charge is 0.854 e. The van der Waals surface area contributed by atoms with Gasteiger partial charge >= 0.3 is 11.4 Å². The Bertz CT molecular complexity index is 822. The first-order valence-corrected chi connectivity index (χ1v) is 6.37. The highest BCUT2D eigenvalue weighted by molar-refractivity contribution is 7.11. The van der Waals surface area contributed by atoms with Crippen LogP contribution in [0.15, 0.2) is 32.5 Å². The van der Waals surface area contributed by atoms with E-state index in [4.69, 9.17) is 5.39 Å². The molecule has 0 fully saturated rings. The lowest BCUT2D eigenvalue weighted by Gasteiger charge is -2.09. The summed E-state index contributed by atoms with van der Waals surface area (Å²) in [5, 5.41) is 30.1. The summed E-state index contributed by atoms with van der Waals surface area (Å²) in [6.45, 7) is 0. The van der Waals surface area contributed by atoms with Gasteiger partial charge in [-0.05, 0) is 11.4 Å². The second-order valence-corrected chi connectivity index (χ2v) is 4.82. The van der Waals surface area contributed by atoms with Gasteiger partial charge in [0.25, 0.3) is 5.49 Å². The maximum Gasteiger partial charge on any atom is 0.437 e. The van der Waals surface area contributed by atoms with E-state index >= 15 is 0 Å². The van der Waals surface area contributed by atoms with Gasteiger partial charge in [0.1, 0.15) is 0 Å². The summed E-state index contributed by atoms with van der Waals surface area (Å²) in [5.41, 5.74) is -1.01. The minimum absolute atomic E-state index is 0.103. The topological polar surface area (TPSA) is 103 Å². The first kappa shape index (κ1) is 13.7. The van der Waals surface area contributed by atoms with Crippen molar-refractivity contribution in [3.8, 4) is 5.88 Å². The highest BCUT2D eigenvalue weighted by Gasteiger charge is 2.18. The highest BCUT2D eigenvalue weighted by Crippen LogP contribution is 2.14. The van der Waals surface area contributed by atoms with Gasteiger partial charge < -0.3 is 9.67 Å². The van der Waals surface area contributed by atoms with Crippen LogP contribution in [0, 0.1) is 5.39 Å². The Kier molecular flexibility index (Phi) is 3.76. The molecule has 2 aromatic rings. The number of hydrogen-bond donors (Lipinski definition) is 0. The van der Waals surface area contributed by atoms with Gasteiger partial charge in [-0.1, -0.05) is 6.07 Å². The number of diazo groups is 1. The van der Waals surface area contributed by atoms with Crippen LogP contribution in [0.4, 0.5) is 5.69 Å². The molecular formula is C11H10N6O2S. The van der Waals surface area contributed by atoms with Crippen LogP contribution >= 0.6 is 11.3 Å². The van der Waals surface area contributed by atoms with Crippen molar-refractivity contribution in [3.63, 3.8) is 0 Å². The first-order valence-electron chi connectivity index (χ1n) is 5.49. The number of nitrogens with zero attached hydrogens (tertiary/aromatic N) is 6. The molecule has 0 radical (unpaired) electrons. The predicted octanol–water partition coefficient (Wildman–Crippen LogP) is 0.278. The fourth-order valence-corrected chi connectivity index (χ4v) is 2.10. The molecule has 0 saturated heterocycles. The molecular weight excluding hydrogens is 280 g/mol. The van der Waals surface area contributed by atoms with Crippen molar-refractivity contribution in [2.45, 2.75) is 0 Å². The molecule has 0 spiro atoms. The maximum atomic E-state index is 11.8. The maximum absolute atomic E-state index is 11.8. The fraction of sp³-hybridized carbons (Fsp3) is 0.182. The van der Waals surface area contributed by atoms with Crippen LogP contribution in [0.1, 0.15) is 4.88 Å². The van der Waals surface area contributed by atoms with Crippen LogP contribution in [-0.4, -0.2) is 15.3 Å². The molecule has 0 N–H and O–H groups in total. The molecule has 0 saturated carbocycles. The first-order chi connectivity index (χ1) is 9.56. The van der Waals surface area contributed by atoms with E-state index in [1.165, 1.54) is 31.6 Å². The van der Waals surface area contributed by atoms with Gasteiger partial charge in [0, 0.05) is 19.0 Å². The number of rotatable bonds is 2. The van der Waals surface area contributed by atoms with Gasteiger partial charge in [0.15, 0.2) is 4.98 Å². The van der Waals surface area contributed by atoms with Crippen molar-refractivity contribution in [2.24, 2.45) is 24.3 Å². The Morgan fingerprint density at radius 2 is 2.20 bits per heavy atom. The van der Waals surface area contributed by atoms with Crippen LogP contribution in [0.5, 0.6) is 5.88 Å². The smallest absolute Gasteiger partial charge is 0.437 e. The lowest BCUT2D eigenvalue weighted by molar-refractivity contribution is -0.278. The minimum atomic E-state index is -0.735. The Labute approximate surface area is 117 Å². The normalized spacial score (nSPS) is 11.9. The Hall–Kier alpha value is -2.73. The second kappa shape index (κ2) is 5.50. The highest BCUT2D eigenvalue weighted by atomic mass is 32.1. The van der Waals surface area contributed by atoms with Gasteiger partial charge in [-0.2, -0.15) is 5.10 Å².